The maximum Gasteiger partial charge on any atom is 0.266 e. The van der Waals surface area contributed by atoms with Gasteiger partial charge < -0.3 is 0 Å². The summed E-state index contributed by atoms with van der Waals surface area (Å²) in [5.41, 5.74) is 2.91. The molecule has 1 aliphatic rings. The molecule has 0 atom stereocenters. The van der Waals surface area contributed by atoms with Gasteiger partial charge in [-0.25, -0.2) is 15.1 Å². The molecule has 0 aliphatic heterocycles. The summed E-state index contributed by atoms with van der Waals surface area (Å²) in [6.07, 6.45) is 3.36. The standard InChI is InChI=1S/C8H10N4O3/c13-7-5-3-1-2-4-6(5)9-8(10-7)11-12(14)15/h1-4H2,(H2,9,10,11,13). The minimum atomic E-state index is -0.743. The van der Waals surface area contributed by atoms with Gasteiger partial charge in [0.05, 0.1) is 5.69 Å². The minimum Gasteiger partial charge on any atom is -0.288 e. The monoisotopic (exact) mass is 210 g/mol. The molecule has 1 heterocycles. The number of hydrogen-bond donors (Lipinski definition) is 2. The van der Waals surface area contributed by atoms with E-state index < -0.39 is 5.03 Å². The first-order chi connectivity index (χ1) is 7.16. The molecule has 0 saturated carbocycles. The number of hydrogen-bond acceptors (Lipinski definition) is 4. The van der Waals surface area contributed by atoms with E-state index in [9.17, 15) is 14.9 Å². The predicted octanol–water partition coefficient (Wildman–Crippen LogP) is 0.252. The molecule has 2 N–H and O–H groups in total. The lowest BCUT2D eigenvalue weighted by molar-refractivity contribution is -0.446. The summed E-state index contributed by atoms with van der Waals surface area (Å²) in [5, 5.41) is 9.44. The van der Waals surface area contributed by atoms with Crippen molar-refractivity contribution in [2.24, 2.45) is 0 Å². The average molecular weight is 210 g/mol. The SMILES string of the molecule is O=c1[nH]c(N[N+](=O)[O-])nc2c1CCCC2. The van der Waals surface area contributed by atoms with Crippen LogP contribution in [0.5, 0.6) is 0 Å². The van der Waals surface area contributed by atoms with E-state index in [1.807, 2.05) is 5.43 Å². The van der Waals surface area contributed by atoms with Crippen molar-refractivity contribution in [1.29, 1.82) is 0 Å². The fraction of sp³-hybridized carbons (Fsp3) is 0.500. The summed E-state index contributed by atoms with van der Waals surface area (Å²) in [4.78, 5) is 28.0. The van der Waals surface area contributed by atoms with Gasteiger partial charge in [-0.1, -0.05) is 5.43 Å². The van der Waals surface area contributed by atoms with Gasteiger partial charge in [-0.2, -0.15) is 0 Å². The molecule has 0 aromatic carbocycles. The number of anilines is 1. The van der Waals surface area contributed by atoms with Gasteiger partial charge in [0.1, 0.15) is 0 Å². The number of nitrogens with zero attached hydrogens (tertiary/aromatic N) is 2. The summed E-state index contributed by atoms with van der Waals surface area (Å²) in [6.45, 7) is 0. The molecule has 2 rings (SSSR count). The molecule has 0 fully saturated rings. The Morgan fingerprint density at radius 2 is 2.13 bits per heavy atom. The first-order valence-electron chi connectivity index (χ1n) is 4.70. The van der Waals surface area contributed by atoms with Gasteiger partial charge in [0.2, 0.25) is 0 Å². The van der Waals surface area contributed by atoms with Crippen LogP contribution >= 0.6 is 0 Å². The second-order valence-corrected chi connectivity index (χ2v) is 3.42. The molecule has 7 heteroatoms. The minimum absolute atomic E-state index is 0.0920. The highest BCUT2D eigenvalue weighted by atomic mass is 16.7. The molecule has 0 amide bonds. The van der Waals surface area contributed by atoms with Crippen LogP contribution in [0, 0.1) is 10.1 Å². The Morgan fingerprint density at radius 1 is 1.40 bits per heavy atom. The van der Waals surface area contributed by atoms with Crippen LogP contribution in [0.15, 0.2) is 4.79 Å². The van der Waals surface area contributed by atoms with Crippen LogP contribution in [0.2, 0.25) is 0 Å². The van der Waals surface area contributed by atoms with Gasteiger partial charge >= 0.3 is 0 Å². The van der Waals surface area contributed by atoms with Gasteiger partial charge in [0.15, 0.2) is 5.03 Å². The predicted molar refractivity (Wildman–Crippen MR) is 52.1 cm³/mol. The van der Waals surface area contributed by atoms with Crippen molar-refractivity contribution in [2.45, 2.75) is 25.7 Å². The average Bonchev–Trinajstić information content (AvgIpc) is 2.16. The van der Waals surface area contributed by atoms with Crippen molar-refractivity contribution in [3.8, 4) is 0 Å². The first-order valence-corrected chi connectivity index (χ1v) is 4.70. The molecule has 0 unspecified atom stereocenters. The number of nitro groups is 1. The highest BCUT2D eigenvalue weighted by Crippen LogP contribution is 2.16. The molecule has 0 spiro atoms. The van der Waals surface area contributed by atoms with Crippen molar-refractivity contribution < 1.29 is 5.03 Å². The second-order valence-electron chi connectivity index (χ2n) is 3.42. The van der Waals surface area contributed by atoms with E-state index in [0.717, 1.165) is 12.8 Å². The van der Waals surface area contributed by atoms with Crippen molar-refractivity contribution in [3.63, 3.8) is 0 Å². The van der Waals surface area contributed by atoms with Gasteiger partial charge in [0, 0.05) is 5.56 Å². The summed E-state index contributed by atoms with van der Waals surface area (Å²) in [5.74, 6) is -0.0920. The normalized spacial score (nSPS) is 14.4. The lowest BCUT2D eigenvalue weighted by Gasteiger charge is -2.13. The number of H-pyrrole nitrogens is 1. The molecule has 1 aromatic heterocycles. The second kappa shape index (κ2) is 3.68. The molecule has 1 aliphatic carbocycles. The van der Waals surface area contributed by atoms with E-state index in [-0.39, 0.29) is 11.5 Å². The van der Waals surface area contributed by atoms with E-state index in [4.69, 9.17) is 0 Å². The van der Waals surface area contributed by atoms with Crippen molar-refractivity contribution in [2.75, 3.05) is 5.43 Å². The van der Waals surface area contributed by atoms with Gasteiger partial charge in [-0.05, 0) is 25.7 Å². The van der Waals surface area contributed by atoms with Gasteiger partial charge in [-0.3, -0.25) is 9.78 Å². The van der Waals surface area contributed by atoms with Gasteiger partial charge in [-0.15, -0.1) is 0 Å². The summed E-state index contributed by atoms with van der Waals surface area (Å²) in [6, 6.07) is 0. The quantitative estimate of drug-likeness (QED) is 0.538. The highest BCUT2D eigenvalue weighted by molar-refractivity contribution is 5.29. The molecule has 0 bridgehead atoms. The molecule has 15 heavy (non-hydrogen) atoms. The molecule has 80 valence electrons. The third-order valence-corrected chi connectivity index (χ3v) is 2.39. The van der Waals surface area contributed by atoms with Crippen LogP contribution in [0.3, 0.4) is 0 Å². The van der Waals surface area contributed by atoms with Crippen LogP contribution in [0.1, 0.15) is 24.1 Å². The number of fused-ring (bicyclic) bond motifs is 1. The molecule has 0 saturated heterocycles. The third-order valence-electron chi connectivity index (χ3n) is 2.39. The van der Waals surface area contributed by atoms with Crippen molar-refractivity contribution >= 4 is 5.95 Å². The molecule has 1 aromatic rings. The Labute approximate surface area is 84.7 Å². The number of aromatic nitrogens is 2. The van der Waals surface area contributed by atoms with Crippen LogP contribution < -0.4 is 11.0 Å². The zero-order chi connectivity index (χ0) is 10.8. The molecule has 7 nitrogen and oxygen atoms in total. The van der Waals surface area contributed by atoms with E-state index in [1.54, 1.807) is 0 Å². The fourth-order valence-corrected chi connectivity index (χ4v) is 1.74. The third kappa shape index (κ3) is 1.95. The molecular weight excluding hydrogens is 200 g/mol. The number of rotatable bonds is 2. The fourth-order valence-electron chi connectivity index (χ4n) is 1.74. The van der Waals surface area contributed by atoms with E-state index >= 15 is 0 Å². The zero-order valence-electron chi connectivity index (χ0n) is 7.95. The van der Waals surface area contributed by atoms with E-state index in [1.165, 1.54) is 0 Å². The number of aryl methyl sites for hydroxylation is 1. The number of aromatic amines is 1. The molecular formula is C8H10N4O3. The maximum atomic E-state index is 11.5. The Balaban J connectivity index is 2.40. The Hall–Kier alpha value is -1.92. The van der Waals surface area contributed by atoms with E-state index in [0.29, 0.717) is 24.1 Å². The molecule has 0 radical (unpaired) electrons. The lowest BCUT2D eigenvalue weighted by atomic mass is 9.97. The van der Waals surface area contributed by atoms with Crippen molar-refractivity contribution in [1.82, 2.24) is 9.97 Å². The lowest BCUT2D eigenvalue weighted by Crippen LogP contribution is -2.24. The zero-order valence-corrected chi connectivity index (χ0v) is 7.95. The van der Waals surface area contributed by atoms with E-state index in [2.05, 4.69) is 9.97 Å². The number of nitrogens with one attached hydrogen (secondary N) is 2. The van der Waals surface area contributed by atoms with Gasteiger partial charge in [0.25, 0.3) is 11.5 Å². The van der Waals surface area contributed by atoms with Crippen LogP contribution in [0.25, 0.3) is 0 Å². The topological polar surface area (TPSA) is 101 Å². The Bertz CT molecular complexity index is 454. The maximum absolute atomic E-state index is 11.5. The largest absolute Gasteiger partial charge is 0.288 e. The summed E-state index contributed by atoms with van der Waals surface area (Å²) in [7, 11) is 0. The van der Waals surface area contributed by atoms with Crippen LogP contribution in [-0.2, 0) is 12.8 Å². The summed E-state index contributed by atoms with van der Waals surface area (Å²) < 4.78 is 0. The smallest absolute Gasteiger partial charge is 0.266 e. The van der Waals surface area contributed by atoms with Crippen LogP contribution in [0.4, 0.5) is 5.95 Å². The van der Waals surface area contributed by atoms with Crippen molar-refractivity contribution in [3.05, 3.63) is 31.7 Å². The summed E-state index contributed by atoms with van der Waals surface area (Å²) >= 11 is 0. The first kappa shape index (κ1) is 9.63. The Kier molecular flexibility index (Phi) is 2.36. The highest BCUT2D eigenvalue weighted by Gasteiger charge is 2.16. The number of hydrazine groups is 1. The Morgan fingerprint density at radius 3 is 2.87 bits per heavy atom. The van der Waals surface area contributed by atoms with Crippen LogP contribution in [-0.4, -0.2) is 15.0 Å².